The van der Waals surface area contributed by atoms with Gasteiger partial charge in [-0.3, -0.25) is 0 Å². The van der Waals surface area contributed by atoms with E-state index in [9.17, 15) is 0 Å². The van der Waals surface area contributed by atoms with Crippen LogP contribution in [0.25, 0.3) is 22.3 Å². The molecular weight excluding hydrogens is 417 g/mol. The smallest absolute Gasteiger partial charge is 0.399 e. The fourth-order valence-electron chi connectivity index (χ4n) is 6.08. The van der Waals surface area contributed by atoms with Crippen molar-refractivity contribution in [3.63, 3.8) is 0 Å². The van der Waals surface area contributed by atoms with Gasteiger partial charge in [0.15, 0.2) is 0 Å². The number of nitrogens with zero attached hydrogens (tertiary/aromatic N) is 1. The minimum Gasteiger partial charge on any atom is -0.399 e. The van der Waals surface area contributed by atoms with Gasteiger partial charge in [-0.2, -0.15) is 5.26 Å². The zero-order valence-electron chi connectivity index (χ0n) is 20.4. The van der Waals surface area contributed by atoms with Crippen LogP contribution >= 0.6 is 0 Å². The summed E-state index contributed by atoms with van der Waals surface area (Å²) in [7, 11) is -0.341. The Morgan fingerprint density at radius 3 is 2.03 bits per heavy atom. The van der Waals surface area contributed by atoms with Gasteiger partial charge in [-0.05, 0) is 97.6 Å². The van der Waals surface area contributed by atoms with Gasteiger partial charge in [0.2, 0.25) is 0 Å². The van der Waals surface area contributed by atoms with Crippen molar-refractivity contribution in [2.24, 2.45) is 0 Å². The average molecular weight is 447 g/mol. The summed E-state index contributed by atoms with van der Waals surface area (Å²) in [5, 5.41) is 9.14. The molecule has 0 unspecified atom stereocenters. The minimum atomic E-state index is -0.347. The molecule has 3 nitrogen and oxygen atoms in total. The van der Waals surface area contributed by atoms with Crippen LogP contribution in [0.2, 0.25) is 0 Å². The molecule has 4 heteroatoms. The van der Waals surface area contributed by atoms with Crippen molar-refractivity contribution < 1.29 is 9.31 Å². The van der Waals surface area contributed by atoms with Gasteiger partial charge in [-0.1, -0.05) is 55.3 Å². The van der Waals surface area contributed by atoms with Gasteiger partial charge in [0.1, 0.15) is 0 Å². The van der Waals surface area contributed by atoms with Crippen molar-refractivity contribution in [2.75, 3.05) is 0 Å². The molecule has 34 heavy (non-hydrogen) atoms. The van der Waals surface area contributed by atoms with Gasteiger partial charge in [-0.25, -0.2) is 0 Å². The second kappa shape index (κ2) is 7.31. The molecule has 0 aromatic heterocycles. The first-order valence-electron chi connectivity index (χ1n) is 12.4. The summed E-state index contributed by atoms with van der Waals surface area (Å²) in [6.45, 7) is 8.44. The molecule has 0 bridgehead atoms. The van der Waals surface area contributed by atoms with Gasteiger partial charge in [0, 0.05) is 5.41 Å². The van der Waals surface area contributed by atoms with Crippen molar-refractivity contribution in [2.45, 2.75) is 70.0 Å². The predicted octanol–water partition coefficient (Wildman–Crippen LogP) is 6.36. The van der Waals surface area contributed by atoms with E-state index in [1.54, 1.807) is 0 Å². The molecular formula is C30H30BNO2. The Morgan fingerprint density at radius 1 is 0.735 bits per heavy atom. The number of benzene rings is 3. The number of rotatable bonds is 2. The maximum Gasteiger partial charge on any atom is 0.494 e. The van der Waals surface area contributed by atoms with Gasteiger partial charge in [-0.15, -0.1) is 0 Å². The SMILES string of the molecule is CC1(C)OB(c2ccc3c(c2)C2(CCCC2)c2ccc(-c4ccc(C#N)cc4)cc2-3)OC1(C)C. The molecule has 0 amide bonds. The Labute approximate surface area is 202 Å². The van der Waals surface area contributed by atoms with Crippen LogP contribution in [0.5, 0.6) is 0 Å². The number of hydrogen-bond donors (Lipinski definition) is 0. The predicted molar refractivity (Wildman–Crippen MR) is 137 cm³/mol. The van der Waals surface area contributed by atoms with Gasteiger partial charge < -0.3 is 9.31 Å². The Bertz CT molecular complexity index is 1310. The fourth-order valence-corrected chi connectivity index (χ4v) is 6.08. The van der Waals surface area contributed by atoms with Crippen molar-refractivity contribution in [1.82, 2.24) is 0 Å². The highest BCUT2D eigenvalue weighted by atomic mass is 16.7. The zero-order valence-corrected chi connectivity index (χ0v) is 20.4. The minimum absolute atomic E-state index is 0.0908. The largest absolute Gasteiger partial charge is 0.494 e. The normalized spacial score (nSPS) is 20.9. The summed E-state index contributed by atoms with van der Waals surface area (Å²) in [4.78, 5) is 0. The summed E-state index contributed by atoms with van der Waals surface area (Å²) >= 11 is 0. The first-order chi connectivity index (χ1) is 16.2. The molecule has 3 aliphatic rings. The molecule has 3 aromatic carbocycles. The molecule has 0 radical (unpaired) electrons. The lowest BCUT2D eigenvalue weighted by Gasteiger charge is -2.32. The molecule has 1 saturated carbocycles. The van der Waals surface area contributed by atoms with E-state index in [0.717, 1.165) is 11.0 Å². The standard InChI is InChI=1S/C30H30BNO2/c1-28(2)29(3,4)34-31(33-28)23-12-13-24-25-17-22(21-9-7-20(19-32)8-10-21)11-14-26(25)30(27(24)18-23)15-5-6-16-30/h7-14,17-18H,5-6,15-16H2,1-4H3. The third-order valence-corrected chi connectivity index (χ3v) is 8.71. The van der Waals surface area contributed by atoms with E-state index in [-0.39, 0.29) is 23.7 Å². The molecule has 2 aliphatic carbocycles. The summed E-state index contributed by atoms with van der Waals surface area (Å²) in [6, 6.07) is 23.9. The third kappa shape index (κ3) is 3.04. The van der Waals surface area contributed by atoms with Crippen LogP contribution in [-0.4, -0.2) is 18.3 Å². The van der Waals surface area contributed by atoms with Crippen molar-refractivity contribution in [1.29, 1.82) is 5.26 Å². The highest BCUT2D eigenvalue weighted by Gasteiger charge is 2.52. The summed E-state index contributed by atoms with van der Waals surface area (Å²) in [5.74, 6) is 0. The molecule has 170 valence electrons. The molecule has 1 heterocycles. The Morgan fingerprint density at radius 2 is 1.38 bits per heavy atom. The van der Waals surface area contributed by atoms with Gasteiger partial charge in [0.05, 0.1) is 22.8 Å². The van der Waals surface area contributed by atoms with Gasteiger partial charge in [0.25, 0.3) is 0 Å². The maximum absolute atomic E-state index is 9.14. The summed E-state index contributed by atoms with van der Waals surface area (Å²) in [6.07, 6.45) is 4.90. The Balaban J connectivity index is 1.45. The maximum atomic E-state index is 9.14. The van der Waals surface area contributed by atoms with Crippen LogP contribution in [0.1, 0.15) is 70.1 Å². The van der Waals surface area contributed by atoms with Crippen LogP contribution in [0.15, 0.2) is 60.7 Å². The Hall–Kier alpha value is -2.87. The molecule has 1 spiro atoms. The molecule has 3 aromatic rings. The van der Waals surface area contributed by atoms with E-state index in [1.807, 2.05) is 24.3 Å². The van der Waals surface area contributed by atoms with Crippen LogP contribution in [0.4, 0.5) is 0 Å². The number of hydrogen-bond acceptors (Lipinski definition) is 3. The molecule has 0 atom stereocenters. The molecule has 1 saturated heterocycles. The number of nitriles is 1. The lowest BCUT2D eigenvalue weighted by atomic mass is 9.72. The van der Waals surface area contributed by atoms with Crippen LogP contribution < -0.4 is 5.46 Å². The van der Waals surface area contributed by atoms with E-state index in [4.69, 9.17) is 14.6 Å². The van der Waals surface area contributed by atoms with E-state index < -0.39 is 0 Å². The van der Waals surface area contributed by atoms with E-state index >= 15 is 0 Å². The average Bonchev–Trinajstić information content (AvgIpc) is 3.48. The Kier molecular flexibility index (Phi) is 4.66. The molecule has 6 rings (SSSR count). The lowest BCUT2D eigenvalue weighted by molar-refractivity contribution is 0.00578. The van der Waals surface area contributed by atoms with E-state index in [1.165, 1.54) is 53.5 Å². The van der Waals surface area contributed by atoms with E-state index in [0.29, 0.717) is 5.56 Å². The molecule has 2 fully saturated rings. The topological polar surface area (TPSA) is 42.2 Å². The monoisotopic (exact) mass is 447 g/mol. The first-order valence-corrected chi connectivity index (χ1v) is 12.4. The zero-order chi connectivity index (χ0) is 23.7. The summed E-state index contributed by atoms with van der Waals surface area (Å²) < 4.78 is 12.8. The number of fused-ring (bicyclic) bond motifs is 5. The van der Waals surface area contributed by atoms with E-state index in [2.05, 4.69) is 70.2 Å². The van der Waals surface area contributed by atoms with Crippen LogP contribution in [-0.2, 0) is 14.7 Å². The quantitative estimate of drug-likeness (QED) is 0.429. The highest BCUT2D eigenvalue weighted by molar-refractivity contribution is 6.62. The van der Waals surface area contributed by atoms with Gasteiger partial charge >= 0.3 is 7.12 Å². The van der Waals surface area contributed by atoms with Crippen molar-refractivity contribution >= 4 is 12.6 Å². The third-order valence-electron chi connectivity index (χ3n) is 8.71. The molecule has 0 N–H and O–H groups in total. The van der Waals surface area contributed by atoms with Crippen molar-refractivity contribution in [3.05, 3.63) is 77.4 Å². The second-order valence-corrected chi connectivity index (χ2v) is 11.1. The van der Waals surface area contributed by atoms with Crippen molar-refractivity contribution in [3.8, 4) is 28.3 Å². The summed E-state index contributed by atoms with van der Waals surface area (Å²) in [5.41, 5.74) is 9.12. The second-order valence-electron chi connectivity index (χ2n) is 11.1. The highest BCUT2D eigenvalue weighted by Crippen LogP contribution is 2.57. The molecule has 1 aliphatic heterocycles. The fraction of sp³-hybridized carbons (Fsp3) is 0.367. The van der Waals surface area contributed by atoms with Crippen LogP contribution in [0.3, 0.4) is 0 Å². The lowest BCUT2D eigenvalue weighted by Crippen LogP contribution is -2.41. The first kappa shape index (κ1) is 21.7. The van der Waals surface area contributed by atoms with Crippen LogP contribution in [0, 0.1) is 11.3 Å².